The Bertz CT molecular complexity index is 313. The molecule has 3 nitrogen and oxygen atoms in total. The maximum absolute atomic E-state index is 11.5. The summed E-state index contributed by atoms with van der Waals surface area (Å²) in [5.41, 5.74) is 5.98. The molecule has 1 aliphatic rings. The van der Waals surface area contributed by atoms with Gasteiger partial charge in [0.2, 0.25) is 0 Å². The summed E-state index contributed by atoms with van der Waals surface area (Å²) in [6, 6.07) is 0. The van der Waals surface area contributed by atoms with Crippen LogP contribution in [0.4, 0.5) is 0 Å². The van der Waals surface area contributed by atoms with Crippen molar-refractivity contribution in [1.29, 1.82) is 0 Å². The molecule has 0 saturated heterocycles. The SMILES string of the molecule is CCC1CCC(CN)(CCS(=O)(=O)CC)C1. The zero-order valence-electron chi connectivity index (χ0n) is 10.5. The highest BCUT2D eigenvalue weighted by molar-refractivity contribution is 7.91. The van der Waals surface area contributed by atoms with E-state index in [1.807, 2.05) is 0 Å². The standard InChI is InChI=1S/C12H25NO2S/c1-3-11-5-6-12(9-11,10-13)7-8-16(14,15)4-2/h11H,3-10,13H2,1-2H3. The third kappa shape index (κ3) is 3.45. The lowest BCUT2D eigenvalue weighted by atomic mass is 9.82. The molecule has 0 aromatic heterocycles. The van der Waals surface area contributed by atoms with Crippen molar-refractivity contribution in [1.82, 2.24) is 0 Å². The average molecular weight is 247 g/mol. The second kappa shape index (κ2) is 5.50. The van der Waals surface area contributed by atoms with Gasteiger partial charge in [0, 0.05) is 5.75 Å². The van der Waals surface area contributed by atoms with E-state index < -0.39 is 9.84 Å². The van der Waals surface area contributed by atoms with E-state index in [1.54, 1.807) is 6.92 Å². The van der Waals surface area contributed by atoms with E-state index in [9.17, 15) is 8.42 Å². The Morgan fingerprint density at radius 3 is 2.50 bits per heavy atom. The van der Waals surface area contributed by atoms with Gasteiger partial charge in [0.25, 0.3) is 0 Å². The van der Waals surface area contributed by atoms with Crippen LogP contribution >= 0.6 is 0 Å². The normalized spacial score (nSPS) is 30.8. The van der Waals surface area contributed by atoms with Crippen LogP contribution in [-0.2, 0) is 9.84 Å². The summed E-state index contributed by atoms with van der Waals surface area (Å²) in [5, 5.41) is 0. The number of sulfone groups is 1. The highest BCUT2D eigenvalue weighted by Gasteiger charge is 2.37. The van der Waals surface area contributed by atoms with Crippen molar-refractivity contribution in [2.75, 3.05) is 18.1 Å². The molecule has 2 atom stereocenters. The summed E-state index contributed by atoms with van der Waals surface area (Å²) in [4.78, 5) is 0. The summed E-state index contributed by atoms with van der Waals surface area (Å²) >= 11 is 0. The molecule has 4 heteroatoms. The summed E-state index contributed by atoms with van der Waals surface area (Å²) < 4.78 is 23.0. The first-order valence-corrected chi connectivity index (χ1v) is 8.19. The molecular formula is C12H25NO2S. The van der Waals surface area contributed by atoms with Gasteiger partial charge in [-0.2, -0.15) is 0 Å². The molecule has 0 aliphatic heterocycles. The van der Waals surface area contributed by atoms with E-state index in [-0.39, 0.29) is 11.2 Å². The molecule has 1 rings (SSSR count). The Morgan fingerprint density at radius 1 is 1.38 bits per heavy atom. The minimum Gasteiger partial charge on any atom is -0.330 e. The second-order valence-electron chi connectivity index (χ2n) is 5.21. The van der Waals surface area contributed by atoms with Crippen molar-refractivity contribution in [3.05, 3.63) is 0 Å². The van der Waals surface area contributed by atoms with Crippen LogP contribution < -0.4 is 5.73 Å². The zero-order chi connectivity index (χ0) is 12.2. The van der Waals surface area contributed by atoms with E-state index in [0.717, 1.165) is 25.2 Å². The Labute approximate surface area is 99.7 Å². The van der Waals surface area contributed by atoms with Crippen molar-refractivity contribution < 1.29 is 8.42 Å². The number of rotatable bonds is 6. The fourth-order valence-electron chi connectivity index (χ4n) is 2.71. The molecule has 0 aromatic carbocycles. The first-order valence-electron chi connectivity index (χ1n) is 6.37. The molecule has 2 N–H and O–H groups in total. The molecule has 0 radical (unpaired) electrons. The van der Waals surface area contributed by atoms with Crippen LogP contribution in [0, 0.1) is 11.3 Å². The van der Waals surface area contributed by atoms with Crippen LogP contribution in [-0.4, -0.2) is 26.5 Å². The second-order valence-corrected chi connectivity index (χ2v) is 7.68. The molecule has 16 heavy (non-hydrogen) atoms. The Kier molecular flexibility index (Phi) is 4.80. The van der Waals surface area contributed by atoms with Gasteiger partial charge in [-0.3, -0.25) is 0 Å². The van der Waals surface area contributed by atoms with Crippen molar-refractivity contribution in [2.24, 2.45) is 17.1 Å². The van der Waals surface area contributed by atoms with Crippen molar-refractivity contribution in [2.45, 2.75) is 46.0 Å². The lowest BCUT2D eigenvalue weighted by Crippen LogP contribution is -2.30. The molecule has 1 fully saturated rings. The van der Waals surface area contributed by atoms with Gasteiger partial charge >= 0.3 is 0 Å². The third-order valence-corrected chi connectivity index (χ3v) is 5.90. The van der Waals surface area contributed by atoms with Crippen LogP contribution in [0.5, 0.6) is 0 Å². The van der Waals surface area contributed by atoms with Crippen LogP contribution in [0.2, 0.25) is 0 Å². The minimum atomic E-state index is -2.83. The summed E-state index contributed by atoms with van der Waals surface area (Å²) in [5.74, 6) is 1.33. The zero-order valence-corrected chi connectivity index (χ0v) is 11.4. The van der Waals surface area contributed by atoms with Crippen LogP contribution in [0.3, 0.4) is 0 Å². The van der Waals surface area contributed by atoms with Gasteiger partial charge in [-0.05, 0) is 43.6 Å². The van der Waals surface area contributed by atoms with Gasteiger partial charge in [0.1, 0.15) is 9.84 Å². The lowest BCUT2D eigenvalue weighted by molar-refractivity contribution is 0.282. The Morgan fingerprint density at radius 2 is 2.06 bits per heavy atom. The summed E-state index contributed by atoms with van der Waals surface area (Å²) in [7, 11) is -2.83. The number of hydrogen-bond acceptors (Lipinski definition) is 3. The molecule has 1 aliphatic carbocycles. The maximum atomic E-state index is 11.5. The van der Waals surface area contributed by atoms with E-state index in [1.165, 1.54) is 12.8 Å². The van der Waals surface area contributed by atoms with Crippen molar-refractivity contribution >= 4 is 9.84 Å². The first-order chi connectivity index (χ1) is 7.47. The minimum absolute atomic E-state index is 0.114. The predicted molar refractivity (Wildman–Crippen MR) is 68.1 cm³/mol. The highest BCUT2D eigenvalue weighted by atomic mass is 32.2. The van der Waals surface area contributed by atoms with Gasteiger partial charge in [-0.25, -0.2) is 8.42 Å². The van der Waals surface area contributed by atoms with Gasteiger partial charge in [-0.1, -0.05) is 20.3 Å². The van der Waals surface area contributed by atoms with E-state index >= 15 is 0 Å². The molecule has 0 heterocycles. The molecule has 0 bridgehead atoms. The molecule has 96 valence electrons. The van der Waals surface area contributed by atoms with Crippen LogP contribution in [0.15, 0.2) is 0 Å². The largest absolute Gasteiger partial charge is 0.330 e. The average Bonchev–Trinajstić information content (AvgIpc) is 2.71. The van der Waals surface area contributed by atoms with Gasteiger partial charge in [0.15, 0.2) is 0 Å². The van der Waals surface area contributed by atoms with Crippen LogP contribution in [0.1, 0.15) is 46.0 Å². The van der Waals surface area contributed by atoms with Crippen molar-refractivity contribution in [3.8, 4) is 0 Å². The molecule has 0 spiro atoms. The monoisotopic (exact) mass is 247 g/mol. The Hall–Kier alpha value is -0.0900. The maximum Gasteiger partial charge on any atom is 0.150 e. The van der Waals surface area contributed by atoms with E-state index in [0.29, 0.717) is 12.3 Å². The fourth-order valence-corrected chi connectivity index (χ4v) is 3.74. The quantitative estimate of drug-likeness (QED) is 0.780. The number of hydrogen-bond donors (Lipinski definition) is 1. The lowest BCUT2D eigenvalue weighted by Gasteiger charge is -2.27. The van der Waals surface area contributed by atoms with Crippen LogP contribution in [0.25, 0.3) is 0 Å². The highest BCUT2D eigenvalue weighted by Crippen LogP contribution is 2.45. The molecule has 1 saturated carbocycles. The van der Waals surface area contributed by atoms with E-state index in [4.69, 9.17) is 5.73 Å². The molecule has 2 unspecified atom stereocenters. The summed E-state index contributed by atoms with van der Waals surface area (Å²) in [6.07, 6.45) is 5.42. The predicted octanol–water partition coefficient (Wildman–Crippen LogP) is 1.97. The van der Waals surface area contributed by atoms with Gasteiger partial charge in [-0.15, -0.1) is 0 Å². The molecule has 0 aromatic rings. The molecule has 0 amide bonds. The van der Waals surface area contributed by atoms with Gasteiger partial charge < -0.3 is 5.73 Å². The molecular weight excluding hydrogens is 222 g/mol. The van der Waals surface area contributed by atoms with Crippen molar-refractivity contribution in [3.63, 3.8) is 0 Å². The fraction of sp³-hybridized carbons (Fsp3) is 1.00. The first kappa shape index (κ1) is 14.0. The Balaban J connectivity index is 2.56. The topological polar surface area (TPSA) is 60.2 Å². The summed E-state index contributed by atoms with van der Waals surface area (Å²) in [6.45, 7) is 4.57. The van der Waals surface area contributed by atoms with E-state index in [2.05, 4.69) is 6.92 Å². The smallest absolute Gasteiger partial charge is 0.150 e. The number of nitrogens with two attached hydrogens (primary N) is 1. The van der Waals surface area contributed by atoms with Gasteiger partial charge in [0.05, 0.1) is 5.75 Å². The third-order valence-electron chi connectivity index (χ3n) is 4.20.